The average molecular weight is 369 g/mol. The highest BCUT2D eigenvalue weighted by molar-refractivity contribution is 5.92. The first kappa shape index (κ1) is 17.6. The fourth-order valence-corrected chi connectivity index (χ4v) is 4.41. The molecule has 0 N–H and O–H groups in total. The molecule has 1 aromatic heterocycles. The van der Waals surface area contributed by atoms with Gasteiger partial charge < -0.3 is 19.0 Å². The second-order valence-electron chi connectivity index (χ2n) is 7.29. The first-order valence-electron chi connectivity index (χ1n) is 9.10. The quantitative estimate of drug-likeness (QED) is 0.830. The number of hydrogen-bond donors (Lipinski definition) is 0. The van der Waals surface area contributed by atoms with E-state index < -0.39 is 0 Å². The predicted molar refractivity (Wildman–Crippen MR) is 97.2 cm³/mol. The van der Waals surface area contributed by atoms with Gasteiger partial charge in [0, 0.05) is 38.4 Å². The van der Waals surface area contributed by atoms with Crippen molar-refractivity contribution in [3.8, 4) is 5.75 Å². The Hall–Kier alpha value is -2.83. The Morgan fingerprint density at radius 2 is 1.93 bits per heavy atom. The molecule has 0 aliphatic carbocycles. The number of oxazole rings is 1. The van der Waals surface area contributed by atoms with Gasteiger partial charge in [-0.25, -0.2) is 4.98 Å². The summed E-state index contributed by atoms with van der Waals surface area (Å²) in [5.41, 5.74) is 1.68. The van der Waals surface area contributed by atoms with E-state index in [4.69, 9.17) is 9.15 Å². The molecular formula is C20H23N3O4. The fourth-order valence-electron chi connectivity index (χ4n) is 4.41. The lowest BCUT2D eigenvalue weighted by molar-refractivity contribution is -0.130. The number of carbonyl (C=O) groups is 2. The minimum Gasteiger partial charge on any atom is -0.497 e. The molecule has 2 aromatic rings. The molecule has 0 unspecified atom stereocenters. The summed E-state index contributed by atoms with van der Waals surface area (Å²) in [6.45, 7) is 5.27. The molecule has 7 nitrogen and oxygen atoms in total. The SMILES string of the molecule is COc1ccc([C@H]2[C@@H]3CN(C(=O)c4ocnc4C)C[C@@H]3CN2C(C)=O)cc1. The van der Waals surface area contributed by atoms with Gasteiger partial charge in [-0.2, -0.15) is 0 Å². The normalized spacial score (nSPS) is 24.2. The Balaban J connectivity index is 1.59. The summed E-state index contributed by atoms with van der Waals surface area (Å²) in [5.74, 6) is 1.49. The smallest absolute Gasteiger partial charge is 0.291 e. The number of methoxy groups -OCH3 is 1. The van der Waals surface area contributed by atoms with Crippen molar-refractivity contribution >= 4 is 11.8 Å². The van der Waals surface area contributed by atoms with Gasteiger partial charge in [-0.3, -0.25) is 9.59 Å². The number of aromatic nitrogens is 1. The van der Waals surface area contributed by atoms with Crippen molar-refractivity contribution in [3.63, 3.8) is 0 Å². The maximum atomic E-state index is 12.8. The predicted octanol–water partition coefficient (Wildman–Crippen LogP) is 2.28. The van der Waals surface area contributed by atoms with Gasteiger partial charge >= 0.3 is 0 Å². The molecule has 2 saturated heterocycles. The molecule has 142 valence electrons. The molecule has 4 rings (SSSR count). The van der Waals surface area contributed by atoms with Crippen LogP contribution in [0.1, 0.15) is 34.8 Å². The van der Waals surface area contributed by atoms with Crippen molar-refractivity contribution in [1.29, 1.82) is 0 Å². The van der Waals surface area contributed by atoms with E-state index in [2.05, 4.69) is 4.98 Å². The summed E-state index contributed by atoms with van der Waals surface area (Å²) in [4.78, 5) is 32.8. The van der Waals surface area contributed by atoms with Crippen LogP contribution in [0, 0.1) is 18.8 Å². The number of likely N-dealkylation sites (tertiary alicyclic amines) is 2. The number of ether oxygens (including phenoxy) is 1. The number of hydrogen-bond acceptors (Lipinski definition) is 5. The fraction of sp³-hybridized carbons (Fsp3) is 0.450. The third kappa shape index (κ3) is 2.97. The van der Waals surface area contributed by atoms with Crippen LogP contribution < -0.4 is 4.74 Å². The molecule has 3 heterocycles. The Morgan fingerprint density at radius 1 is 1.19 bits per heavy atom. The molecule has 2 aliphatic heterocycles. The number of rotatable bonds is 3. The number of benzene rings is 1. The van der Waals surface area contributed by atoms with Crippen LogP contribution in [0.4, 0.5) is 0 Å². The zero-order valence-electron chi connectivity index (χ0n) is 15.7. The number of carbonyl (C=O) groups excluding carboxylic acids is 2. The van der Waals surface area contributed by atoms with Crippen LogP contribution >= 0.6 is 0 Å². The zero-order valence-corrected chi connectivity index (χ0v) is 15.7. The minimum absolute atomic E-state index is 0.0352. The van der Waals surface area contributed by atoms with Crippen molar-refractivity contribution in [2.75, 3.05) is 26.7 Å². The highest BCUT2D eigenvalue weighted by Gasteiger charge is 2.49. The second kappa shape index (κ2) is 6.72. The van der Waals surface area contributed by atoms with E-state index in [0.717, 1.165) is 11.3 Å². The van der Waals surface area contributed by atoms with Gasteiger partial charge in [-0.15, -0.1) is 0 Å². The maximum absolute atomic E-state index is 12.8. The molecule has 2 aliphatic rings. The molecule has 0 spiro atoms. The highest BCUT2D eigenvalue weighted by atomic mass is 16.5. The molecule has 2 fully saturated rings. The van der Waals surface area contributed by atoms with E-state index in [1.165, 1.54) is 6.39 Å². The number of nitrogens with zero attached hydrogens (tertiary/aromatic N) is 3. The Bertz CT molecular complexity index is 860. The first-order chi connectivity index (χ1) is 13.0. The largest absolute Gasteiger partial charge is 0.497 e. The lowest BCUT2D eigenvalue weighted by atomic mass is 9.89. The summed E-state index contributed by atoms with van der Waals surface area (Å²) >= 11 is 0. The molecule has 0 bridgehead atoms. The van der Waals surface area contributed by atoms with Gasteiger partial charge in [-0.05, 0) is 24.6 Å². The average Bonchev–Trinajstić information content (AvgIpc) is 3.35. The van der Waals surface area contributed by atoms with Crippen LogP contribution in [-0.2, 0) is 4.79 Å². The topological polar surface area (TPSA) is 75.9 Å². The molecule has 7 heteroatoms. The van der Waals surface area contributed by atoms with E-state index in [-0.39, 0.29) is 29.7 Å². The number of fused-ring (bicyclic) bond motifs is 1. The number of aryl methyl sites for hydroxylation is 1. The third-order valence-corrected chi connectivity index (χ3v) is 5.75. The van der Waals surface area contributed by atoms with Crippen molar-refractivity contribution in [2.45, 2.75) is 19.9 Å². The van der Waals surface area contributed by atoms with E-state index in [0.29, 0.717) is 31.1 Å². The van der Waals surface area contributed by atoms with E-state index in [9.17, 15) is 9.59 Å². The van der Waals surface area contributed by atoms with Crippen LogP contribution in [0.5, 0.6) is 5.75 Å². The van der Waals surface area contributed by atoms with Crippen molar-refractivity contribution in [2.24, 2.45) is 11.8 Å². The molecule has 27 heavy (non-hydrogen) atoms. The van der Waals surface area contributed by atoms with Crippen molar-refractivity contribution in [3.05, 3.63) is 47.7 Å². The summed E-state index contributed by atoms with van der Waals surface area (Å²) < 4.78 is 10.5. The highest BCUT2D eigenvalue weighted by Crippen LogP contribution is 2.45. The molecule has 3 atom stereocenters. The van der Waals surface area contributed by atoms with Crippen molar-refractivity contribution < 1.29 is 18.7 Å². The summed E-state index contributed by atoms with van der Waals surface area (Å²) in [6.07, 6.45) is 1.30. The van der Waals surface area contributed by atoms with Gasteiger partial charge in [0.2, 0.25) is 11.7 Å². The molecule has 0 saturated carbocycles. The monoisotopic (exact) mass is 369 g/mol. The first-order valence-corrected chi connectivity index (χ1v) is 9.10. The van der Waals surface area contributed by atoms with Gasteiger partial charge in [0.15, 0.2) is 6.39 Å². The summed E-state index contributed by atoms with van der Waals surface area (Å²) in [7, 11) is 1.63. The Morgan fingerprint density at radius 3 is 2.52 bits per heavy atom. The molecule has 1 aromatic carbocycles. The lowest BCUT2D eigenvalue weighted by Crippen LogP contribution is -2.36. The molecule has 0 radical (unpaired) electrons. The third-order valence-electron chi connectivity index (χ3n) is 5.75. The second-order valence-corrected chi connectivity index (χ2v) is 7.29. The van der Waals surface area contributed by atoms with Gasteiger partial charge in [0.05, 0.1) is 18.8 Å². The minimum atomic E-state index is -0.123. The standard InChI is InChI=1S/C20H23N3O4/c1-12-19(27-11-21-12)20(25)22-8-15-9-23(13(2)24)18(17(15)10-22)14-4-6-16(26-3)7-5-14/h4-7,11,15,17-18H,8-10H2,1-3H3/t15-,17-,18+/m1/s1. The molecule has 2 amide bonds. The van der Waals surface area contributed by atoms with Gasteiger partial charge in [0.1, 0.15) is 5.75 Å². The van der Waals surface area contributed by atoms with Crippen molar-refractivity contribution in [1.82, 2.24) is 14.8 Å². The van der Waals surface area contributed by atoms with Crippen LogP contribution in [-0.4, -0.2) is 53.3 Å². The van der Waals surface area contributed by atoms with E-state index in [1.807, 2.05) is 34.1 Å². The van der Waals surface area contributed by atoms with Crippen LogP contribution in [0.2, 0.25) is 0 Å². The summed E-state index contributed by atoms with van der Waals surface area (Å²) in [6, 6.07) is 7.81. The van der Waals surface area contributed by atoms with Crippen LogP contribution in [0.3, 0.4) is 0 Å². The van der Waals surface area contributed by atoms with E-state index >= 15 is 0 Å². The number of amides is 2. The lowest BCUT2D eigenvalue weighted by Gasteiger charge is -2.29. The van der Waals surface area contributed by atoms with Crippen LogP contribution in [0.25, 0.3) is 0 Å². The van der Waals surface area contributed by atoms with Gasteiger partial charge in [0.25, 0.3) is 5.91 Å². The maximum Gasteiger partial charge on any atom is 0.291 e. The summed E-state index contributed by atoms with van der Waals surface area (Å²) in [5, 5.41) is 0. The zero-order chi connectivity index (χ0) is 19.1. The Labute approximate surface area is 157 Å². The van der Waals surface area contributed by atoms with Crippen LogP contribution in [0.15, 0.2) is 35.1 Å². The van der Waals surface area contributed by atoms with Gasteiger partial charge in [-0.1, -0.05) is 12.1 Å². The van der Waals surface area contributed by atoms with E-state index in [1.54, 1.807) is 21.0 Å². The molecular weight excluding hydrogens is 346 g/mol. The Kier molecular flexibility index (Phi) is 4.37.